The van der Waals surface area contributed by atoms with E-state index in [0.717, 1.165) is 0 Å². The van der Waals surface area contributed by atoms with Gasteiger partial charge in [-0.05, 0) is 11.8 Å². The Labute approximate surface area is 96.8 Å². The van der Waals surface area contributed by atoms with Crippen LogP contribution in [0.25, 0.3) is 0 Å². The van der Waals surface area contributed by atoms with Crippen LogP contribution in [0.4, 0.5) is 0 Å². The van der Waals surface area contributed by atoms with Crippen molar-refractivity contribution in [1.29, 1.82) is 0 Å². The normalized spacial score (nSPS) is 29.1. The molecular formula is C12H20N2O2. The Kier molecular flexibility index (Phi) is 3.17. The van der Waals surface area contributed by atoms with Gasteiger partial charge in [-0.1, -0.05) is 27.7 Å². The van der Waals surface area contributed by atoms with Crippen molar-refractivity contribution in [2.75, 3.05) is 13.2 Å². The first-order valence-corrected chi connectivity index (χ1v) is 5.99. The molecule has 2 rings (SSSR count). The zero-order chi connectivity index (χ0) is 11.7. The van der Waals surface area contributed by atoms with E-state index in [1.807, 2.05) is 0 Å². The zero-order valence-corrected chi connectivity index (χ0v) is 10.4. The van der Waals surface area contributed by atoms with E-state index in [1.54, 1.807) is 0 Å². The van der Waals surface area contributed by atoms with Crippen LogP contribution in [0.5, 0.6) is 0 Å². The maximum absolute atomic E-state index is 5.53. The standard InChI is InChI=1S/C12H20N2O2/c1-7(2)9-5-15-11(13-9)12-14-10(6-16-12)8(3)4/h7-10H,5-6H2,1-4H3. The van der Waals surface area contributed by atoms with Crippen LogP contribution in [0.2, 0.25) is 0 Å². The zero-order valence-electron chi connectivity index (χ0n) is 10.4. The molecule has 0 aromatic heterocycles. The molecule has 2 atom stereocenters. The van der Waals surface area contributed by atoms with Crippen LogP contribution in [0.1, 0.15) is 27.7 Å². The van der Waals surface area contributed by atoms with E-state index in [0.29, 0.717) is 36.8 Å². The average molecular weight is 224 g/mol. The molecule has 0 saturated carbocycles. The molecule has 0 aliphatic carbocycles. The highest BCUT2D eigenvalue weighted by Gasteiger charge is 2.31. The summed E-state index contributed by atoms with van der Waals surface area (Å²) < 4.78 is 11.1. The van der Waals surface area contributed by atoms with Gasteiger partial charge in [0, 0.05) is 0 Å². The van der Waals surface area contributed by atoms with E-state index in [-0.39, 0.29) is 12.1 Å². The van der Waals surface area contributed by atoms with Gasteiger partial charge in [0.05, 0.1) is 12.1 Å². The first-order chi connectivity index (χ1) is 7.58. The summed E-state index contributed by atoms with van der Waals surface area (Å²) in [6.07, 6.45) is 0. The van der Waals surface area contributed by atoms with E-state index in [4.69, 9.17) is 9.47 Å². The Balaban J connectivity index is 2.05. The van der Waals surface area contributed by atoms with Crippen LogP contribution in [-0.4, -0.2) is 37.1 Å². The van der Waals surface area contributed by atoms with Crippen LogP contribution in [0.15, 0.2) is 9.98 Å². The third-order valence-electron chi connectivity index (χ3n) is 3.07. The van der Waals surface area contributed by atoms with Crippen LogP contribution in [0, 0.1) is 11.8 Å². The summed E-state index contributed by atoms with van der Waals surface area (Å²) in [5.41, 5.74) is 0. The van der Waals surface area contributed by atoms with Gasteiger partial charge in [0.2, 0.25) is 0 Å². The number of hydrogen-bond acceptors (Lipinski definition) is 4. The maximum atomic E-state index is 5.53. The predicted octanol–water partition coefficient (Wildman–Crippen LogP) is 1.89. The molecule has 0 fully saturated rings. The third kappa shape index (κ3) is 2.20. The molecule has 0 spiro atoms. The number of nitrogens with zero attached hydrogens (tertiary/aromatic N) is 2. The van der Waals surface area contributed by atoms with Gasteiger partial charge in [-0.3, -0.25) is 0 Å². The Morgan fingerprint density at radius 3 is 1.50 bits per heavy atom. The molecule has 0 N–H and O–H groups in total. The molecular weight excluding hydrogens is 204 g/mol. The summed E-state index contributed by atoms with van der Waals surface area (Å²) in [7, 11) is 0. The van der Waals surface area contributed by atoms with Crippen LogP contribution in [0.3, 0.4) is 0 Å². The van der Waals surface area contributed by atoms with Gasteiger partial charge in [0.15, 0.2) is 0 Å². The average Bonchev–Trinajstić information content (AvgIpc) is 2.86. The van der Waals surface area contributed by atoms with E-state index in [1.165, 1.54) is 0 Å². The van der Waals surface area contributed by atoms with Crippen molar-refractivity contribution in [2.45, 2.75) is 39.8 Å². The van der Waals surface area contributed by atoms with Gasteiger partial charge in [0.1, 0.15) is 13.2 Å². The van der Waals surface area contributed by atoms with Gasteiger partial charge in [-0.15, -0.1) is 0 Å². The first-order valence-electron chi connectivity index (χ1n) is 5.99. The Hall–Kier alpha value is -1.06. The highest BCUT2D eigenvalue weighted by Crippen LogP contribution is 2.19. The maximum Gasteiger partial charge on any atom is 0.273 e. The molecule has 90 valence electrons. The number of hydrogen-bond donors (Lipinski definition) is 0. The van der Waals surface area contributed by atoms with Crippen LogP contribution < -0.4 is 0 Å². The topological polar surface area (TPSA) is 43.2 Å². The van der Waals surface area contributed by atoms with E-state index in [2.05, 4.69) is 37.7 Å². The van der Waals surface area contributed by atoms with Crippen molar-refractivity contribution in [3.63, 3.8) is 0 Å². The number of aliphatic imine (C=N–C) groups is 2. The Morgan fingerprint density at radius 1 is 0.875 bits per heavy atom. The molecule has 4 heteroatoms. The molecule has 0 amide bonds. The fraction of sp³-hybridized carbons (Fsp3) is 0.833. The molecule has 0 aromatic rings. The van der Waals surface area contributed by atoms with Crippen molar-refractivity contribution < 1.29 is 9.47 Å². The fourth-order valence-electron chi connectivity index (χ4n) is 1.70. The smallest absolute Gasteiger partial charge is 0.273 e. The molecule has 4 nitrogen and oxygen atoms in total. The van der Waals surface area contributed by atoms with Crippen molar-refractivity contribution in [3.05, 3.63) is 0 Å². The van der Waals surface area contributed by atoms with Gasteiger partial charge in [0.25, 0.3) is 11.8 Å². The number of rotatable bonds is 3. The lowest BCUT2D eigenvalue weighted by Crippen LogP contribution is -2.15. The Bertz CT molecular complexity index is 289. The molecule has 2 aliphatic heterocycles. The summed E-state index contributed by atoms with van der Waals surface area (Å²) in [5, 5.41) is 0. The van der Waals surface area contributed by atoms with E-state index >= 15 is 0 Å². The molecule has 0 radical (unpaired) electrons. The van der Waals surface area contributed by atoms with E-state index < -0.39 is 0 Å². The molecule has 0 bridgehead atoms. The lowest BCUT2D eigenvalue weighted by atomic mass is 10.1. The summed E-state index contributed by atoms with van der Waals surface area (Å²) in [5.74, 6) is 2.20. The first kappa shape index (κ1) is 11.4. The highest BCUT2D eigenvalue weighted by molar-refractivity contribution is 6.36. The summed E-state index contributed by atoms with van der Waals surface area (Å²) >= 11 is 0. The van der Waals surface area contributed by atoms with Gasteiger partial charge in [-0.2, -0.15) is 0 Å². The van der Waals surface area contributed by atoms with Gasteiger partial charge >= 0.3 is 0 Å². The lowest BCUT2D eigenvalue weighted by molar-refractivity contribution is 0.273. The minimum atomic E-state index is 0.249. The molecule has 2 aliphatic rings. The highest BCUT2D eigenvalue weighted by atomic mass is 16.5. The second-order valence-corrected chi connectivity index (χ2v) is 5.11. The summed E-state index contributed by atoms with van der Waals surface area (Å²) in [6.45, 7) is 9.90. The fourth-order valence-corrected chi connectivity index (χ4v) is 1.70. The summed E-state index contributed by atoms with van der Waals surface area (Å²) in [6, 6.07) is 0.499. The molecule has 2 heterocycles. The largest absolute Gasteiger partial charge is 0.472 e. The van der Waals surface area contributed by atoms with Gasteiger partial charge in [-0.25, -0.2) is 9.98 Å². The van der Waals surface area contributed by atoms with Crippen LogP contribution >= 0.6 is 0 Å². The minimum absolute atomic E-state index is 0.249. The van der Waals surface area contributed by atoms with Crippen LogP contribution in [-0.2, 0) is 9.47 Å². The molecule has 2 unspecified atom stereocenters. The molecule has 0 aromatic carbocycles. The quantitative estimate of drug-likeness (QED) is 0.734. The van der Waals surface area contributed by atoms with Crippen molar-refractivity contribution in [3.8, 4) is 0 Å². The Morgan fingerprint density at radius 2 is 1.25 bits per heavy atom. The molecule has 0 saturated heterocycles. The monoisotopic (exact) mass is 224 g/mol. The predicted molar refractivity (Wildman–Crippen MR) is 64.0 cm³/mol. The van der Waals surface area contributed by atoms with Crippen molar-refractivity contribution in [2.24, 2.45) is 21.8 Å². The third-order valence-corrected chi connectivity index (χ3v) is 3.07. The molecule has 16 heavy (non-hydrogen) atoms. The van der Waals surface area contributed by atoms with Crippen molar-refractivity contribution >= 4 is 11.8 Å². The summed E-state index contributed by atoms with van der Waals surface area (Å²) in [4.78, 5) is 9.00. The second-order valence-electron chi connectivity index (χ2n) is 5.11. The van der Waals surface area contributed by atoms with Gasteiger partial charge < -0.3 is 9.47 Å². The lowest BCUT2D eigenvalue weighted by Gasteiger charge is -2.06. The minimum Gasteiger partial charge on any atom is -0.472 e. The SMILES string of the molecule is CC(C)C1COC(C2=NC(C(C)C)CO2)=N1. The van der Waals surface area contributed by atoms with E-state index in [9.17, 15) is 0 Å². The second kappa shape index (κ2) is 4.44. The van der Waals surface area contributed by atoms with Crippen molar-refractivity contribution in [1.82, 2.24) is 0 Å². The number of ether oxygens (including phenoxy) is 2.